The SMILES string of the molecule is O=C(Nc1ccccc1)c1ccc(-c2ccc(O)cc2)s1. The molecule has 0 saturated heterocycles. The normalized spacial score (nSPS) is 10.3. The first kappa shape index (κ1) is 13.4. The minimum absolute atomic E-state index is 0.115. The molecule has 1 amide bonds. The van der Waals surface area contributed by atoms with Crippen molar-refractivity contribution in [1.82, 2.24) is 0 Å². The van der Waals surface area contributed by atoms with Crippen LogP contribution in [0.4, 0.5) is 5.69 Å². The molecular formula is C17H13NO2S. The van der Waals surface area contributed by atoms with Gasteiger partial charge in [0, 0.05) is 10.6 Å². The van der Waals surface area contributed by atoms with Gasteiger partial charge in [-0.25, -0.2) is 0 Å². The zero-order chi connectivity index (χ0) is 14.7. The Balaban J connectivity index is 1.78. The monoisotopic (exact) mass is 295 g/mol. The Labute approximate surface area is 126 Å². The van der Waals surface area contributed by atoms with E-state index in [9.17, 15) is 9.90 Å². The molecule has 0 bridgehead atoms. The molecule has 104 valence electrons. The van der Waals surface area contributed by atoms with Crippen molar-refractivity contribution in [2.75, 3.05) is 5.32 Å². The number of aromatic hydroxyl groups is 1. The number of carbonyl (C=O) groups is 1. The zero-order valence-electron chi connectivity index (χ0n) is 11.1. The second-order valence-electron chi connectivity index (χ2n) is 4.53. The van der Waals surface area contributed by atoms with Crippen molar-refractivity contribution in [1.29, 1.82) is 0 Å². The summed E-state index contributed by atoms with van der Waals surface area (Å²) >= 11 is 1.43. The van der Waals surface area contributed by atoms with Gasteiger partial charge in [0.15, 0.2) is 0 Å². The van der Waals surface area contributed by atoms with Gasteiger partial charge < -0.3 is 10.4 Å². The van der Waals surface area contributed by atoms with Crippen LogP contribution in [-0.4, -0.2) is 11.0 Å². The summed E-state index contributed by atoms with van der Waals surface area (Å²) < 4.78 is 0. The molecule has 0 fully saturated rings. The van der Waals surface area contributed by atoms with Gasteiger partial charge in [0.05, 0.1) is 4.88 Å². The highest BCUT2D eigenvalue weighted by Crippen LogP contribution is 2.29. The van der Waals surface area contributed by atoms with Crippen LogP contribution >= 0.6 is 11.3 Å². The van der Waals surface area contributed by atoms with Crippen molar-refractivity contribution in [3.63, 3.8) is 0 Å². The Morgan fingerprint density at radius 3 is 2.33 bits per heavy atom. The maximum Gasteiger partial charge on any atom is 0.265 e. The van der Waals surface area contributed by atoms with Gasteiger partial charge >= 0.3 is 0 Å². The molecular weight excluding hydrogens is 282 g/mol. The van der Waals surface area contributed by atoms with Gasteiger partial charge in [0.25, 0.3) is 5.91 Å². The van der Waals surface area contributed by atoms with E-state index in [1.807, 2.05) is 54.6 Å². The van der Waals surface area contributed by atoms with Crippen LogP contribution in [-0.2, 0) is 0 Å². The van der Waals surface area contributed by atoms with E-state index in [-0.39, 0.29) is 11.7 Å². The molecule has 0 aliphatic carbocycles. The summed E-state index contributed by atoms with van der Waals surface area (Å²) in [4.78, 5) is 13.8. The lowest BCUT2D eigenvalue weighted by Gasteiger charge is -2.02. The third-order valence-electron chi connectivity index (χ3n) is 3.01. The fourth-order valence-corrected chi connectivity index (χ4v) is 2.86. The van der Waals surface area contributed by atoms with Gasteiger partial charge in [-0.3, -0.25) is 4.79 Å². The summed E-state index contributed by atoms with van der Waals surface area (Å²) in [6, 6.07) is 20.0. The predicted octanol–water partition coefficient (Wildman–Crippen LogP) is 4.37. The van der Waals surface area contributed by atoms with Crippen LogP contribution in [0.1, 0.15) is 9.67 Å². The third kappa shape index (κ3) is 3.12. The van der Waals surface area contributed by atoms with Crippen molar-refractivity contribution in [3.05, 3.63) is 71.6 Å². The summed E-state index contributed by atoms with van der Waals surface area (Å²) in [6.45, 7) is 0. The lowest BCUT2D eigenvalue weighted by atomic mass is 10.2. The van der Waals surface area contributed by atoms with Gasteiger partial charge in [-0.2, -0.15) is 0 Å². The van der Waals surface area contributed by atoms with E-state index in [0.717, 1.165) is 16.1 Å². The molecule has 3 nitrogen and oxygen atoms in total. The largest absolute Gasteiger partial charge is 0.508 e. The Morgan fingerprint density at radius 2 is 1.62 bits per heavy atom. The van der Waals surface area contributed by atoms with Crippen LogP contribution in [0.2, 0.25) is 0 Å². The van der Waals surface area contributed by atoms with Crippen LogP contribution < -0.4 is 5.32 Å². The van der Waals surface area contributed by atoms with Gasteiger partial charge in [0.1, 0.15) is 5.75 Å². The maximum absolute atomic E-state index is 12.2. The van der Waals surface area contributed by atoms with E-state index in [1.54, 1.807) is 12.1 Å². The number of phenolic OH excluding ortho intramolecular Hbond substituents is 1. The van der Waals surface area contributed by atoms with Crippen molar-refractivity contribution in [2.45, 2.75) is 0 Å². The molecule has 0 unspecified atom stereocenters. The standard InChI is InChI=1S/C17H13NO2S/c19-14-8-6-12(7-9-14)15-10-11-16(21-15)17(20)18-13-4-2-1-3-5-13/h1-11,19H,(H,18,20). The molecule has 21 heavy (non-hydrogen) atoms. The van der Waals surface area contributed by atoms with E-state index in [0.29, 0.717) is 4.88 Å². The molecule has 0 atom stereocenters. The lowest BCUT2D eigenvalue weighted by molar-refractivity contribution is 0.103. The molecule has 1 heterocycles. The lowest BCUT2D eigenvalue weighted by Crippen LogP contribution is -2.09. The molecule has 4 heteroatoms. The molecule has 0 saturated carbocycles. The molecule has 0 aliphatic rings. The van der Waals surface area contributed by atoms with Crippen LogP contribution in [0.25, 0.3) is 10.4 Å². The van der Waals surface area contributed by atoms with Crippen molar-refractivity contribution in [3.8, 4) is 16.2 Å². The number of amides is 1. The van der Waals surface area contributed by atoms with Crippen LogP contribution in [0, 0.1) is 0 Å². The number of anilines is 1. The molecule has 3 rings (SSSR count). The van der Waals surface area contributed by atoms with Crippen LogP contribution in [0.15, 0.2) is 66.7 Å². The van der Waals surface area contributed by atoms with Gasteiger partial charge in [-0.05, 0) is 54.1 Å². The Morgan fingerprint density at radius 1 is 0.905 bits per heavy atom. The number of carbonyl (C=O) groups excluding carboxylic acids is 1. The molecule has 2 N–H and O–H groups in total. The average molecular weight is 295 g/mol. The highest BCUT2D eigenvalue weighted by atomic mass is 32.1. The Hall–Kier alpha value is -2.59. The van der Waals surface area contributed by atoms with Gasteiger partial charge in [-0.15, -0.1) is 11.3 Å². The number of rotatable bonds is 3. The number of hydrogen-bond acceptors (Lipinski definition) is 3. The number of phenols is 1. The first-order valence-electron chi connectivity index (χ1n) is 6.48. The topological polar surface area (TPSA) is 49.3 Å². The Bertz CT molecular complexity index is 748. The molecule has 0 spiro atoms. The van der Waals surface area contributed by atoms with E-state index in [2.05, 4.69) is 5.32 Å². The van der Waals surface area contributed by atoms with Crippen molar-refractivity contribution < 1.29 is 9.90 Å². The van der Waals surface area contributed by atoms with Gasteiger partial charge in [0.2, 0.25) is 0 Å². The van der Waals surface area contributed by atoms with E-state index in [1.165, 1.54) is 11.3 Å². The first-order valence-corrected chi connectivity index (χ1v) is 7.30. The summed E-state index contributed by atoms with van der Waals surface area (Å²) in [5.41, 5.74) is 1.76. The molecule has 1 aromatic heterocycles. The number of nitrogens with one attached hydrogen (secondary N) is 1. The molecule has 3 aromatic rings. The molecule has 2 aromatic carbocycles. The number of hydrogen-bond donors (Lipinski definition) is 2. The molecule has 0 radical (unpaired) electrons. The second-order valence-corrected chi connectivity index (χ2v) is 5.61. The predicted molar refractivity (Wildman–Crippen MR) is 85.8 cm³/mol. The summed E-state index contributed by atoms with van der Waals surface area (Å²) in [6.07, 6.45) is 0. The van der Waals surface area contributed by atoms with E-state index < -0.39 is 0 Å². The summed E-state index contributed by atoms with van der Waals surface area (Å²) in [5.74, 6) is 0.119. The first-order chi connectivity index (χ1) is 10.2. The van der Waals surface area contributed by atoms with Crippen LogP contribution in [0.3, 0.4) is 0 Å². The maximum atomic E-state index is 12.2. The number of benzene rings is 2. The Kier molecular flexibility index (Phi) is 3.71. The minimum atomic E-state index is -0.115. The summed E-state index contributed by atoms with van der Waals surface area (Å²) in [5, 5.41) is 12.2. The smallest absolute Gasteiger partial charge is 0.265 e. The van der Waals surface area contributed by atoms with E-state index in [4.69, 9.17) is 0 Å². The highest BCUT2D eigenvalue weighted by molar-refractivity contribution is 7.17. The fraction of sp³-hybridized carbons (Fsp3) is 0. The van der Waals surface area contributed by atoms with Gasteiger partial charge in [-0.1, -0.05) is 18.2 Å². The van der Waals surface area contributed by atoms with Crippen molar-refractivity contribution >= 4 is 22.9 Å². The number of thiophene rings is 1. The number of para-hydroxylation sites is 1. The summed E-state index contributed by atoms with van der Waals surface area (Å²) in [7, 11) is 0. The second kappa shape index (κ2) is 5.81. The van der Waals surface area contributed by atoms with Crippen LogP contribution in [0.5, 0.6) is 5.75 Å². The zero-order valence-corrected chi connectivity index (χ0v) is 11.9. The third-order valence-corrected chi connectivity index (χ3v) is 4.15. The fourth-order valence-electron chi connectivity index (χ4n) is 1.95. The van der Waals surface area contributed by atoms with Crippen molar-refractivity contribution in [2.24, 2.45) is 0 Å². The minimum Gasteiger partial charge on any atom is -0.508 e. The van der Waals surface area contributed by atoms with E-state index >= 15 is 0 Å². The highest BCUT2D eigenvalue weighted by Gasteiger charge is 2.10. The molecule has 0 aliphatic heterocycles. The average Bonchev–Trinajstić information content (AvgIpc) is 2.99. The quantitative estimate of drug-likeness (QED) is 0.753.